The van der Waals surface area contributed by atoms with E-state index in [0.29, 0.717) is 12.3 Å². The largest absolute Gasteiger partial charge is 0.496 e. The van der Waals surface area contributed by atoms with Crippen molar-refractivity contribution < 1.29 is 14.9 Å². The standard InChI is InChI=1S/C15H21NO3/c1-19-13-5-3-2-4-10(13)14-9-6-7-12(17)15(18)11(9)8-16-14/h2-5,9,11-12,14-18H,6-8H2,1H3. The second-order valence-electron chi connectivity index (χ2n) is 5.59. The van der Waals surface area contributed by atoms with Gasteiger partial charge in [-0.15, -0.1) is 0 Å². The molecule has 1 saturated heterocycles. The monoisotopic (exact) mass is 263 g/mol. The van der Waals surface area contributed by atoms with Crippen LogP contribution in [0.2, 0.25) is 0 Å². The first-order chi connectivity index (χ1) is 9.22. The number of methoxy groups -OCH3 is 1. The minimum atomic E-state index is -0.606. The Morgan fingerprint density at radius 2 is 1.95 bits per heavy atom. The molecular weight excluding hydrogens is 242 g/mol. The summed E-state index contributed by atoms with van der Waals surface area (Å²) in [5.41, 5.74) is 1.15. The number of nitrogens with one attached hydrogen (secondary N) is 1. The molecule has 3 N–H and O–H groups in total. The van der Waals surface area contributed by atoms with E-state index in [1.54, 1.807) is 7.11 Å². The maximum Gasteiger partial charge on any atom is 0.123 e. The first-order valence-electron chi connectivity index (χ1n) is 6.95. The second kappa shape index (κ2) is 5.12. The highest BCUT2D eigenvalue weighted by Crippen LogP contribution is 2.44. The third-order valence-corrected chi connectivity index (χ3v) is 4.65. The molecule has 5 atom stereocenters. The lowest BCUT2D eigenvalue weighted by atomic mass is 9.74. The zero-order chi connectivity index (χ0) is 13.4. The predicted molar refractivity (Wildman–Crippen MR) is 72.0 cm³/mol. The molecule has 2 fully saturated rings. The van der Waals surface area contributed by atoms with Gasteiger partial charge in [0, 0.05) is 24.1 Å². The van der Waals surface area contributed by atoms with Crippen molar-refractivity contribution in [3.63, 3.8) is 0 Å². The molecule has 5 unspecified atom stereocenters. The van der Waals surface area contributed by atoms with Crippen LogP contribution in [0.1, 0.15) is 24.4 Å². The molecule has 2 aliphatic rings. The van der Waals surface area contributed by atoms with Gasteiger partial charge in [-0.2, -0.15) is 0 Å². The van der Waals surface area contributed by atoms with Crippen molar-refractivity contribution in [2.45, 2.75) is 31.1 Å². The average Bonchev–Trinajstić information content (AvgIpc) is 2.87. The van der Waals surface area contributed by atoms with Crippen LogP contribution in [-0.4, -0.2) is 36.1 Å². The molecule has 4 nitrogen and oxygen atoms in total. The van der Waals surface area contributed by atoms with Crippen molar-refractivity contribution in [2.75, 3.05) is 13.7 Å². The van der Waals surface area contributed by atoms with E-state index in [9.17, 15) is 10.2 Å². The highest BCUT2D eigenvalue weighted by molar-refractivity contribution is 5.37. The van der Waals surface area contributed by atoms with E-state index in [1.165, 1.54) is 0 Å². The van der Waals surface area contributed by atoms with Crippen molar-refractivity contribution in [1.29, 1.82) is 0 Å². The minimum absolute atomic E-state index is 0.138. The van der Waals surface area contributed by atoms with Gasteiger partial charge in [0.2, 0.25) is 0 Å². The SMILES string of the molecule is COc1ccccc1C1NCC2C(O)C(O)CCC12. The minimum Gasteiger partial charge on any atom is -0.496 e. The summed E-state index contributed by atoms with van der Waals surface area (Å²) < 4.78 is 5.43. The fraction of sp³-hybridized carbons (Fsp3) is 0.600. The molecule has 19 heavy (non-hydrogen) atoms. The summed E-state index contributed by atoms with van der Waals surface area (Å²) in [7, 11) is 1.69. The number of hydrogen-bond donors (Lipinski definition) is 3. The maximum absolute atomic E-state index is 10.1. The number of ether oxygens (including phenoxy) is 1. The molecule has 104 valence electrons. The van der Waals surface area contributed by atoms with Gasteiger partial charge >= 0.3 is 0 Å². The summed E-state index contributed by atoms with van der Waals surface area (Å²) in [5.74, 6) is 1.40. The van der Waals surface area contributed by atoms with E-state index in [1.807, 2.05) is 18.2 Å². The quantitative estimate of drug-likeness (QED) is 0.747. The first kappa shape index (κ1) is 12.9. The summed E-state index contributed by atoms with van der Waals surface area (Å²) in [6.45, 7) is 0.756. The number of fused-ring (bicyclic) bond motifs is 1. The van der Waals surface area contributed by atoms with E-state index >= 15 is 0 Å². The van der Waals surface area contributed by atoms with Crippen molar-refractivity contribution in [3.05, 3.63) is 29.8 Å². The van der Waals surface area contributed by atoms with E-state index in [0.717, 1.165) is 24.3 Å². The molecule has 1 aromatic rings. The third-order valence-electron chi connectivity index (χ3n) is 4.65. The lowest BCUT2D eigenvalue weighted by Gasteiger charge is -2.35. The molecular formula is C15H21NO3. The molecule has 1 aliphatic heterocycles. The maximum atomic E-state index is 10.1. The number of aliphatic hydroxyl groups excluding tert-OH is 2. The Hall–Kier alpha value is -1.10. The summed E-state index contributed by atoms with van der Waals surface area (Å²) in [6.07, 6.45) is 0.444. The van der Waals surface area contributed by atoms with Gasteiger partial charge in [0.1, 0.15) is 5.75 Å². The van der Waals surface area contributed by atoms with Gasteiger partial charge in [0.05, 0.1) is 19.3 Å². The van der Waals surface area contributed by atoms with Crippen LogP contribution in [-0.2, 0) is 0 Å². The number of hydrogen-bond acceptors (Lipinski definition) is 4. The lowest BCUT2D eigenvalue weighted by molar-refractivity contribution is -0.0568. The van der Waals surface area contributed by atoms with E-state index in [4.69, 9.17) is 4.74 Å². The highest BCUT2D eigenvalue weighted by atomic mass is 16.5. The normalized spacial score (nSPS) is 37.9. The first-order valence-corrected chi connectivity index (χ1v) is 6.95. The van der Waals surface area contributed by atoms with Crippen molar-refractivity contribution >= 4 is 0 Å². The van der Waals surface area contributed by atoms with Crippen molar-refractivity contribution in [2.24, 2.45) is 11.8 Å². The van der Waals surface area contributed by atoms with E-state index in [-0.39, 0.29) is 12.0 Å². The molecule has 0 bridgehead atoms. The molecule has 0 aromatic heterocycles. The van der Waals surface area contributed by atoms with Crippen LogP contribution in [0.15, 0.2) is 24.3 Å². The number of aliphatic hydroxyl groups is 2. The second-order valence-corrected chi connectivity index (χ2v) is 5.59. The number of benzene rings is 1. The smallest absolute Gasteiger partial charge is 0.123 e. The average molecular weight is 263 g/mol. The van der Waals surface area contributed by atoms with Crippen LogP contribution in [0.4, 0.5) is 0 Å². The lowest BCUT2D eigenvalue weighted by Crippen LogP contribution is -2.42. The fourth-order valence-electron chi connectivity index (χ4n) is 3.65. The van der Waals surface area contributed by atoms with E-state index < -0.39 is 12.2 Å². The Labute approximate surface area is 113 Å². The van der Waals surface area contributed by atoms with Crippen LogP contribution in [0, 0.1) is 11.8 Å². The van der Waals surface area contributed by atoms with Gasteiger partial charge in [0.15, 0.2) is 0 Å². The summed E-state index contributed by atoms with van der Waals surface area (Å²) in [6, 6.07) is 8.24. The van der Waals surface area contributed by atoms with Crippen LogP contribution in [0.3, 0.4) is 0 Å². The number of rotatable bonds is 2. The topological polar surface area (TPSA) is 61.7 Å². The van der Waals surface area contributed by atoms with Gasteiger partial charge in [0.25, 0.3) is 0 Å². The molecule has 4 heteroatoms. The Morgan fingerprint density at radius 3 is 2.74 bits per heavy atom. The van der Waals surface area contributed by atoms with Crippen LogP contribution < -0.4 is 10.1 Å². The zero-order valence-electron chi connectivity index (χ0n) is 11.1. The Kier molecular flexibility index (Phi) is 3.48. The molecule has 0 amide bonds. The Bertz CT molecular complexity index is 451. The highest BCUT2D eigenvalue weighted by Gasteiger charge is 2.46. The molecule has 1 saturated carbocycles. The molecule has 1 heterocycles. The van der Waals surface area contributed by atoms with Crippen molar-refractivity contribution in [3.8, 4) is 5.75 Å². The predicted octanol–water partition coefficient (Wildman–Crippen LogP) is 1.09. The van der Waals surface area contributed by atoms with Crippen LogP contribution in [0.5, 0.6) is 5.75 Å². The fourth-order valence-corrected chi connectivity index (χ4v) is 3.65. The molecule has 3 rings (SSSR count). The molecule has 1 aliphatic carbocycles. The van der Waals surface area contributed by atoms with Crippen molar-refractivity contribution in [1.82, 2.24) is 5.32 Å². The summed E-state index contributed by atoms with van der Waals surface area (Å²) in [5, 5.41) is 23.4. The summed E-state index contributed by atoms with van der Waals surface area (Å²) in [4.78, 5) is 0. The van der Waals surface area contributed by atoms with Gasteiger partial charge < -0.3 is 20.3 Å². The molecule has 1 aromatic carbocycles. The zero-order valence-corrected chi connectivity index (χ0v) is 11.1. The van der Waals surface area contributed by atoms with Gasteiger partial charge in [-0.25, -0.2) is 0 Å². The van der Waals surface area contributed by atoms with E-state index in [2.05, 4.69) is 11.4 Å². The van der Waals surface area contributed by atoms with Crippen LogP contribution in [0.25, 0.3) is 0 Å². The molecule has 0 spiro atoms. The van der Waals surface area contributed by atoms with Gasteiger partial charge in [-0.1, -0.05) is 18.2 Å². The summed E-state index contributed by atoms with van der Waals surface area (Å²) >= 11 is 0. The molecule has 0 radical (unpaired) electrons. The van der Waals surface area contributed by atoms with Crippen LogP contribution >= 0.6 is 0 Å². The third kappa shape index (κ3) is 2.14. The van der Waals surface area contributed by atoms with Gasteiger partial charge in [-0.05, 0) is 24.8 Å². The number of para-hydroxylation sites is 1. The Morgan fingerprint density at radius 1 is 1.16 bits per heavy atom. The van der Waals surface area contributed by atoms with Gasteiger partial charge in [-0.3, -0.25) is 0 Å². The Balaban J connectivity index is 1.87.